The summed E-state index contributed by atoms with van der Waals surface area (Å²) in [6, 6.07) is 27.0. The molecule has 10 heteroatoms. The summed E-state index contributed by atoms with van der Waals surface area (Å²) in [6.07, 6.45) is 0.925. The quantitative estimate of drug-likeness (QED) is 0.160. The molecule has 242 valence electrons. The third-order valence-electron chi connectivity index (χ3n) is 7.80. The van der Waals surface area contributed by atoms with Crippen LogP contribution in [0.3, 0.4) is 0 Å². The topological polar surface area (TPSA) is 86.8 Å². The van der Waals surface area contributed by atoms with Crippen molar-refractivity contribution in [2.45, 2.75) is 64.1 Å². The molecular formula is C36H39Cl2N3O4S. The van der Waals surface area contributed by atoms with Crippen LogP contribution in [0.5, 0.6) is 0 Å². The number of rotatable bonds is 13. The Labute approximate surface area is 282 Å². The van der Waals surface area contributed by atoms with Gasteiger partial charge in [0.2, 0.25) is 11.8 Å². The molecule has 2 atom stereocenters. The molecular weight excluding hydrogens is 641 g/mol. The summed E-state index contributed by atoms with van der Waals surface area (Å²) in [5, 5.41) is 3.18. The molecule has 7 nitrogen and oxygen atoms in total. The fourth-order valence-electron chi connectivity index (χ4n) is 5.04. The molecule has 4 aromatic rings. The van der Waals surface area contributed by atoms with Gasteiger partial charge in [-0.3, -0.25) is 13.9 Å². The Morgan fingerprint density at radius 2 is 1.48 bits per heavy atom. The molecule has 0 saturated heterocycles. The third-order valence-corrected chi connectivity index (χ3v) is 10.4. The average Bonchev–Trinajstić information content (AvgIpc) is 3.03. The first-order valence-corrected chi connectivity index (χ1v) is 17.3. The predicted octanol–water partition coefficient (Wildman–Crippen LogP) is 7.36. The summed E-state index contributed by atoms with van der Waals surface area (Å²) in [5.74, 6) is -0.901. The molecule has 0 saturated carbocycles. The van der Waals surface area contributed by atoms with E-state index in [1.54, 1.807) is 24.3 Å². The van der Waals surface area contributed by atoms with E-state index in [0.29, 0.717) is 6.42 Å². The van der Waals surface area contributed by atoms with Crippen LogP contribution in [0.1, 0.15) is 42.5 Å². The van der Waals surface area contributed by atoms with Crippen LogP contribution in [0, 0.1) is 13.8 Å². The minimum atomic E-state index is -4.30. The van der Waals surface area contributed by atoms with Gasteiger partial charge in [0.1, 0.15) is 12.6 Å². The highest BCUT2D eigenvalue weighted by molar-refractivity contribution is 7.92. The second-order valence-corrected chi connectivity index (χ2v) is 14.1. The lowest BCUT2D eigenvalue weighted by Crippen LogP contribution is -2.54. The zero-order chi connectivity index (χ0) is 33.4. The molecule has 2 amide bonds. The van der Waals surface area contributed by atoms with E-state index >= 15 is 0 Å². The van der Waals surface area contributed by atoms with E-state index in [0.717, 1.165) is 26.6 Å². The largest absolute Gasteiger partial charge is 0.352 e. The average molecular weight is 681 g/mol. The number of anilines is 1. The fourth-order valence-corrected chi connectivity index (χ4v) is 6.91. The molecule has 46 heavy (non-hydrogen) atoms. The molecule has 0 spiro atoms. The summed E-state index contributed by atoms with van der Waals surface area (Å²) in [4.78, 5) is 30.0. The van der Waals surface area contributed by atoms with Gasteiger partial charge in [0, 0.05) is 19.0 Å². The number of nitrogens with zero attached hydrogens (tertiary/aromatic N) is 2. The Morgan fingerprint density at radius 3 is 2.13 bits per heavy atom. The van der Waals surface area contributed by atoms with E-state index in [9.17, 15) is 18.0 Å². The number of nitrogens with one attached hydrogen (secondary N) is 1. The molecule has 4 aromatic carbocycles. The molecule has 0 unspecified atom stereocenters. The lowest BCUT2D eigenvalue weighted by Gasteiger charge is -2.34. The zero-order valence-electron chi connectivity index (χ0n) is 26.4. The number of sulfonamides is 1. The van der Waals surface area contributed by atoms with E-state index in [4.69, 9.17) is 23.2 Å². The lowest BCUT2D eigenvalue weighted by atomic mass is 10.0. The SMILES string of the molecule is CC[C@@H](C)NC(=O)[C@H](Cc1ccccc1)N(Cc1cccc(C)c1)C(=O)CN(c1cccc(Cl)c1Cl)S(=O)(=O)c1ccc(C)cc1. The van der Waals surface area contributed by atoms with Gasteiger partial charge < -0.3 is 10.2 Å². The van der Waals surface area contributed by atoms with Gasteiger partial charge in [-0.25, -0.2) is 8.42 Å². The predicted molar refractivity (Wildman–Crippen MR) is 186 cm³/mol. The van der Waals surface area contributed by atoms with Crippen molar-refractivity contribution in [1.82, 2.24) is 10.2 Å². The van der Waals surface area contributed by atoms with E-state index in [1.165, 1.54) is 23.1 Å². The molecule has 4 rings (SSSR count). The van der Waals surface area contributed by atoms with Gasteiger partial charge >= 0.3 is 0 Å². The van der Waals surface area contributed by atoms with Crippen LogP contribution in [0.4, 0.5) is 5.69 Å². The van der Waals surface area contributed by atoms with Gasteiger partial charge in [-0.15, -0.1) is 0 Å². The van der Waals surface area contributed by atoms with Crippen molar-refractivity contribution in [3.8, 4) is 0 Å². The van der Waals surface area contributed by atoms with Crippen molar-refractivity contribution in [3.05, 3.63) is 129 Å². The van der Waals surface area contributed by atoms with E-state index in [-0.39, 0.29) is 45.5 Å². The van der Waals surface area contributed by atoms with Crippen molar-refractivity contribution in [1.29, 1.82) is 0 Å². The standard InChI is InChI=1S/C36H39Cl2N3O4S/c1-5-27(4)39-36(43)33(22-28-12-7-6-8-13-28)40(23-29-14-9-11-26(3)21-29)34(42)24-41(32-16-10-15-31(37)35(32)38)46(44,45)30-19-17-25(2)18-20-30/h6-21,27,33H,5,22-24H2,1-4H3,(H,39,43)/t27-,33+/m1/s1. The number of hydrogen-bond acceptors (Lipinski definition) is 4. The van der Waals surface area contributed by atoms with Gasteiger partial charge in [-0.05, 0) is 62.6 Å². The number of benzene rings is 4. The van der Waals surface area contributed by atoms with E-state index in [2.05, 4.69) is 5.32 Å². The first-order chi connectivity index (χ1) is 21.9. The van der Waals surface area contributed by atoms with E-state index < -0.39 is 28.5 Å². The second-order valence-electron chi connectivity index (χ2n) is 11.4. The van der Waals surface area contributed by atoms with Crippen LogP contribution in [-0.4, -0.2) is 43.8 Å². The number of carbonyl (C=O) groups is 2. The molecule has 0 aromatic heterocycles. The van der Waals surface area contributed by atoms with Gasteiger partial charge in [-0.1, -0.05) is 114 Å². The molecule has 0 fully saturated rings. The van der Waals surface area contributed by atoms with Gasteiger partial charge in [0.15, 0.2) is 0 Å². The first kappa shape index (κ1) is 35.0. The monoisotopic (exact) mass is 679 g/mol. The lowest BCUT2D eigenvalue weighted by molar-refractivity contribution is -0.140. The maximum absolute atomic E-state index is 14.6. The molecule has 0 aliphatic heterocycles. The summed E-state index contributed by atoms with van der Waals surface area (Å²) in [6.45, 7) is 7.13. The Morgan fingerprint density at radius 1 is 0.826 bits per heavy atom. The Bertz CT molecular complexity index is 1770. The first-order valence-electron chi connectivity index (χ1n) is 15.1. The fraction of sp³-hybridized carbons (Fsp3) is 0.278. The Hall–Kier alpha value is -3.85. The maximum Gasteiger partial charge on any atom is 0.264 e. The zero-order valence-corrected chi connectivity index (χ0v) is 28.7. The van der Waals surface area contributed by atoms with Crippen molar-refractivity contribution in [3.63, 3.8) is 0 Å². The van der Waals surface area contributed by atoms with Gasteiger partial charge in [-0.2, -0.15) is 0 Å². The summed E-state index contributed by atoms with van der Waals surface area (Å²) in [5.41, 5.74) is 3.58. The highest BCUT2D eigenvalue weighted by Gasteiger charge is 2.35. The molecule has 0 radical (unpaired) electrons. The number of aryl methyl sites for hydroxylation is 2. The van der Waals surface area contributed by atoms with Crippen molar-refractivity contribution in [2.24, 2.45) is 0 Å². The highest BCUT2D eigenvalue weighted by Crippen LogP contribution is 2.35. The number of halogens is 2. The normalized spacial score (nSPS) is 12.7. The van der Waals surface area contributed by atoms with Crippen LogP contribution >= 0.6 is 23.2 Å². The van der Waals surface area contributed by atoms with Crippen molar-refractivity contribution < 1.29 is 18.0 Å². The summed E-state index contributed by atoms with van der Waals surface area (Å²) in [7, 11) is -4.30. The van der Waals surface area contributed by atoms with Crippen LogP contribution in [-0.2, 0) is 32.6 Å². The van der Waals surface area contributed by atoms with Crippen LogP contribution in [0.2, 0.25) is 10.0 Å². The highest BCUT2D eigenvalue weighted by atomic mass is 35.5. The third kappa shape index (κ3) is 8.69. The molecule has 0 aliphatic carbocycles. The summed E-state index contributed by atoms with van der Waals surface area (Å²) < 4.78 is 29.4. The molecule has 0 heterocycles. The second kappa shape index (κ2) is 15.6. The number of hydrogen-bond donors (Lipinski definition) is 1. The Kier molecular flexibility index (Phi) is 11.9. The van der Waals surface area contributed by atoms with Crippen LogP contribution in [0.25, 0.3) is 0 Å². The van der Waals surface area contributed by atoms with Crippen molar-refractivity contribution >= 4 is 50.7 Å². The molecule has 0 aliphatic rings. The molecule has 0 bridgehead atoms. The molecule has 1 N–H and O–H groups in total. The van der Waals surface area contributed by atoms with E-state index in [1.807, 2.05) is 82.3 Å². The Balaban J connectivity index is 1.84. The summed E-state index contributed by atoms with van der Waals surface area (Å²) >= 11 is 12.9. The minimum absolute atomic E-state index is 0.00626. The van der Waals surface area contributed by atoms with Crippen LogP contribution < -0.4 is 9.62 Å². The maximum atomic E-state index is 14.6. The van der Waals surface area contributed by atoms with Gasteiger partial charge in [0.05, 0.1) is 20.6 Å². The number of amides is 2. The number of carbonyl (C=O) groups excluding carboxylic acids is 2. The van der Waals surface area contributed by atoms with Crippen LogP contribution in [0.15, 0.2) is 102 Å². The van der Waals surface area contributed by atoms with Crippen molar-refractivity contribution in [2.75, 3.05) is 10.8 Å². The minimum Gasteiger partial charge on any atom is -0.352 e. The van der Waals surface area contributed by atoms with Gasteiger partial charge in [0.25, 0.3) is 10.0 Å². The smallest absolute Gasteiger partial charge is 0.264 e.